The van der Waals surface area contributed by atoms with Gasteiger partial charge in [0.15, 0.2) is 5.78 Å². The molecule has 0 aliphatic heterocycles. The zero-order valence-electron chi connectivity index (χ0n) is 12.6. The Bertz CT molecular complexity index is 580. The summed E-state index contributed by atoms with van der Waals surface area (Å²) in [5.74, 6) is 3.51. The SMILES string of the molecule is CC1(C)CCC(=O)c2cc(C#C[Si](C)(C)C)ccc21. The summed E-state index contributed by atoms with van der Waals surface area (Å²) in [6, 6.07) is 6.15. The molecule has 2 heteroatoms. The van der Waals surface area contributed by atoms with Crippen molar-refractivity contribution in [1.29, 1.82) is 0 Å². The monoisotopic (exact) mass is 270 g/mol. The third-order valence-corrected chi connectivity index (χ3v) is 4.48. The summed E-state index contributed by atoms with van der Waals surface area (Å²) >= 11 is 0. The van der Waals surface area contributed by atoms with Crippen molar-refractivity contribution >= 4 is 13.9 Å². The average Bonchev–Trinajstić information content (AvgIpc) is 2.31. The van der Waals surface area contributed by atoms with Crippen LogP contribution in [0.1, 0.15) is 48.2 Å². The van der Waals surface area contributed by atoms with Crippen molar-refractivity contribution in [3.63, 3.8) is 0 Å². The maximum absolute atomic E-state index is 12.1. The molecular formula is C17H22OSi. The lowest BCUT2D eigenvalue weighted by Gasteiger charge is -2.31. The average molecular weight is 270 g/mol. The van der Waals surface area contributed by atoms with E-state index in [9.17, 15) is 4.79 Å². The highest BCUT2D eigenvalue weighted by atomic mass is 28.3. The first-order valence-electron chi connectivity index (χ1n) is 6.90. The van der Waals surface area contributed by atoms with Gasteiger partial charge in [0.2, 0.25) is 0 Å². The smallest absolute Gasteiger partial charge is 0.163 e. The molecule has 2 rings (SSSR count). The molecule has 0 radical (unpaired) electrons. The molecule has 0 saturated heterocycles. The zero-order valence-corrected chi connectivity index (χ0v) is 13.6. The summed E-state index contributed by atoms with van der Waals surface area (Å²) in [5.41, 5.74) is 6.51. The standard InChI is InChI=1S/C17H22OSi/c1-17(2)10-8-16(18)14-12-13(6-7-15(14)17)9-11-19(3,4)5/h6-7,12H,8,10H2,1-5H3. The number of carbonyl (C=O) groups is 1. The van der Waals surface area contributed by atoms with Crippen molar-refractivity contribution in [3.05, 3.63) is 34.9 Å². The Morgan fingerprint density at radius 2 is 1.89 bits per heavy atom. The van der Waals surface area contributed by atoms with E-state index in [2.05, 4.69) is 57.1 Å². The molecule has 0 saturated carbocycles. The zero-order chi connectivity index (χ0) is 14.3. The van der Waals surface area contributed by atoms with Crippen molar-refractivity contribution in [3.8, 4) is 11.5 Å². The van der Waals surface area contributed by atoms with Crippen molar-refractivity contribution in [2.75, 3.05) is 0 Å². The molecular weight excluding hydrogens is 248 g/mol. The first-order valence-corrected chi connectivity index (χ1v) is 10.4. The van der Waals surface area contributed by atoms with Crippen LogP contribution in [0.25, 0.3) is 0 Å². The fraction of sp³-hybridized carbons (Fsp3) is 0.471. The van der Waals surface area contributed by atoms with E-state index in [1.807, 2.05) is 6.07 Å². The van der Waals surface area contributed by atoms with E-state index in [0.29, 0.717) is 6.42 Å². The van der Waals surface area contributed by atoms with Crippen LogP contribution >= 0.6 is 0 Å². The molecule has 1 nitrogen and oxygen atoms in total. The van der Waals surface area contributed by atoms with Crippen LogP contribution in [0, 0.1) is 11.5 Å². The number of Topliss-reactive ketones (excluding diaryl/α,β-unsaturated/α-hetero) is 1. The maximum Gasteiger partial charge on any atom is 0.163 e. The Morgan fingerprint density at radius 3 is 2.53 bits per heavy atom. The number of hydrogen-bond donors (Lipinski definition) is 0. The van der Waals surface area contributed by atoms with Gasteiger partial charge in [-0.2, -0.15) is 0 Å². The Balaban J connectivity index is 2.46. The van der Waals surface area contributed by atoms with E-state index in [1.54, 1.807) is 0 Å². The highest BCUT2D eigenvalue weighted by molar-refractivity contribution is 6.83. The van der Waals surface area contributed by atoms with Gasteiger partial charge in [0.25, 0.3) is 0 Å². The maximum atomic E-state index is 12.1. The Hall–Kier alpha value is -1.33. The molecule has 0 bridgehead atoms. The van der Waals surface area contributed by atoms with Gasteiger partial charge in [0.1, 0.15) is 8.07 Å². The van der Waals surface area contributed by atoms with Gasteiger partial charge in [-0.3, -0.25) is 4.79 Å². The van der Waals surface area contributed by atoms with Gasteiger partial charge in [-0.05, 0) is 29.5 Å². The summed E-state index contributed by atoms with van der Waals surface area (Å²) < 4.78 is 0. The van der Waals surface area contributed by atoms with E-state index in [4.69, 9.17) is 0 Å². The molecule has 0 spiro atoms. The number of benzene rings is 1. The summed E-state index contributed by atoms with van der Waals surface area (Å²) in [6.45, 7) is 11.1. The molecule has 0 heterocycles. The van der Waals surface area contributed by atoms with Gasteiger partial charge in [0.05, 0.1) is 0 Å². The molecule has 19 heavy (non-hydrogen) atoms. The second-order valence-corrected chi connectivity index (χ2v) is 11.8. The Morgan fingerprint density at radius 1 is 1.21 bits per heavy atom. The molecule has 0 amide bonds. The summed E-state index contributed by atoms with van der Waals surface area (Å²) in [5, 5.41) is 0. The van der Waals surface area contributed by atoms with Crippen molar-refractivity contribution < 1.29 is 4.79 Å². The van der Waals surface area contributed by atoms with E-state index in [0.717, 1.165) is 17.5 Å². The van der Waals surface area contributed by atoms with Gasteiger partial charge in [-0.25, -0.2) is 0 Å². The summed E-state index contributed by atoms with van der Waals surface area (Å²) in [4.78, 5) is 12.1. The minimum absolute atomic E-state index is 0.105. The highest BCUT2D eigenvalue weighted by Gasteiger charge is 2.31. The van der Waals surface area contributed by atoms with E-state index >= 15 is 0 Å². The lowest BCUT2D eigenvalue weighted by molar-refractivity contribution is 0.0956. The summed E-state index contributed by atoms with van der Waals surface area (Å²) in [7, 11) is -1.37. The van der Waals surface area contributed by atoms with Crippen LogP contribution in [0.4, 0.5) is 0 Å². The third-order valence-electron chi connectivity index (χ3n) is 3.61. The second kappa shape index (κ2) is 4.65. The minimum atomic E-state index is -1.37. The molecule has 1 aromatic carbocycles. The van der Waals surface area contributed by atoms with Gasteiger partial charge in [-0.15, -0.1) is 5.54 Å². The van der Waals surface area contributed by atoms with Gasteiger partial charge < -0.3 is 0 Å². The lowest BCUT2D eigenvalue weighted by atomic mass is 9.72. The predicted octanol–water partition coefficient (Wildman–Crippen LogP) is 4.17. The molecule has 1 aliphatic rings. The Labute approximate surface area is 117 Å². The minimum Gasteiger partial charge on any atom is -0.294 e. The van der Waals surface area contributed by atoms with Crippen LogP contribution in [0.15, 0.2) is 18.2 Å². The molecule has 0 aromatic heterocycles. The number of carbonyl (C=O) groups excluding carboxylic acids is 1. The van der Waals surface area contributed by atoms with Crippen LogP contribution in [0.5, 0.6) is 0 Å². The molecule has 0 atom stereocenters. The van der Waals surface area contributed by atoms with Crippen molar-refractivity contribution in [2.24, 2.45) is 0 Å². The fourth-order valence-electron chi connectivity index (χ4n) is 2.40. The topological polar surface area (TPSA) is 17.1 Å². The van der Waals surface area contributed by atoms with E-state index in [1.165, 1.54) is 5.56 Å². The molecule has 100 valence electrons. The van der Waals surface area contributed by atoms with Gasteiger partial charge >= 0.3 is 0 Å². The largest absolute Gasteiger partial charge is 0.294 e. The van der Waals surface area contributed by atoms with Crippen molar-refractivity contribution in [1.82, 2.24) is 0 Å². The van der Waals surface area contributed by atoms with Crippen LogP contribution in [-0.4, -0.2) is 13.9 Å². The highest BCUT2D eigenvalue weighted by Crippen LogP contribution is 2.36. The Kier molecular flexibility index (Phi) is 3.45. The molecule has 0 fully saturated rings. The van der Waals surface area contributed by atoms with Gasteiger partial charge in [0, 0.05) is 17.5 Å². The van der Waals surface area contributed by atoms with E-state index in [-0.39, 0.29) is 11.2 Å². The van der Waals surface area contributed by atoms with Crippen molar-refractivity contribution in [2.45, 2.75) is 51.7 Å². The van der Waals surface area contributed by atoms with Crippen LogP contribution in [-0.2, 0) is 5.41 Å². The normalized spacial score (nSPS) is 17.4. The number of fused-ring (bicyclic) bond motifs is 1. The summed E-state index contributed by atoms with van der Waals surface area (Å²) in [6.07, 6.45) is 1.60. The second-order valence-electron chi connectivity index (χ2n) is 7.07. The number of ketones is 1. The molecule has 1 aliphatic carbocycles. The first kappa shape index (κ1) is 14.1. The first-order chi connectivity index (χ1) is 8.69. The third kappa shape index (κ3) is 3.16. The quantitative estimate of drug-likeness (QED) is 0.511. The lowest BCUT2D eigenvalue weighted by Crippen LogP contribution is -2.27. The molecule has 0 unspecified atom stereocenters. The fourth-order valence-corrected chi connectivity index (χ4v) is 2.92. The van der Waals surface area contributed by atoms with Crippen LogP contribution in [0.2, 0.25) is 19.6 Å². The number of rotatable bonds is 0. The van der Waals surface area contributed by atoms with Crippen LogP contribution in [0.3, 0.4) is 0 Å². The van der Waals surface area contributed by atoms with Crippen LogP contribution < -0.4 is 0 Å². The van der Waals surface area contributed by atoms with E-state index < -0.39 is 8.07 Å². The predicted molar refractivity (Wildman–Crippen MR) is 83.3 cm³/mol. The van der Waals surface area contributed by atoms with Gasteiger partial charge in [-0.1, -0.05) is 45.5 Å². The molecule has 1 aromatic rings. The number of hydrogen-bond acceptors (Lipinski definition) is 1. The molecule has 0 N–H and O–H groups in total.